The van der Waals surface area contributed by atoms with E-state index in [1.807, 2.05) is 30.3 Å². The molecule has 34 heavy (non-hydrogen) atoms. The number of ketones is 1. The predicted octanol–water partition coefficient (Wildman–Crippen LogP) is 5.82. The second-order valence-electron chi connectivity index (χ2n) is 9.80. The number of phenolic OH excluding ortho intramolecular Hbond substituents is 1. The molecule has 0 bridgehead atoms. The van der Waals surface area contributed by atoms with Gasteiger partial charge in [0.1, 0.15) is 23.7 Å². The summed E-state index contributed by atoms with van der Waals surface area (Å²) in [4.78, 5) is 13.2. The smallest absolute Gasteiger partial charge is 0.195 e. The van der Waals surface area contributed by atoms with E-state index in [2.05, 4.69) is 62.8 Å². The summed E-state index contributed by atoms with van der Waals surface area (Å²) in [6.45, 7) is 8.98. The zero-order chi connectivity index (χ0) is 24.3. The van der Waals surface area contributed by atoms with Gasteiger partial charge >= 0.3 is 0 Å². The summed E-state index contributed by atoms with van der Waals surface area (Å²) >= 11 is 0. The third kappa shape index (κ3) is 5.15. The molecule has 1 fully saturated rings. The molecule has 5 heteroatoms. The van der Waals surface area contributed by atoms with Crippen molar-refractivity contribution in [3.05, 3.63) is 107 Å². The molecule has 0 unspecified atom stereocenters. The lowest BCUT2D eigenvalue weighted by Crippen LogP contribution is -2.24. The van der Waals surface area contributed by atoms with Crippen LogP contribution in [0, 0.1) is 5.92 Å². The largest absolute Gasteiger partial charge is 0.507 e. The van der Waals surface area contributed by atoms with E-state index < -0.39 is 0 Å². The minimum Gasteiger partial charge on any atom is -0.507 e. The number of phenols is 1. The van der Waals surface area contributed by atoms with Gasteiger partial charge in [-0.3, -0.25) is 4.79 Å². The van der Waals surface area contributed by atoms with Crippen LogP contribution in [0.3, 0.4) is 0 Å². The van der Waals surface area contributed by atoms with Gasteiger partial charge in [0, 0.05) is 17.7 Å². The summed E-state index contributed by atoms with van der Waals surface area (Å²) in [5, 5.41) is 10.5. The minimum atomic E-state index is -0.305. The Morgan fingerprint density at radius 2 is 1.71 bits per heavy atom. The van der Waals surface area contributed by atoms with Crippen molar-refractivity contribution in [1.29, 1.82) is 0 Å². The molecule has 0 radical (unpaired) electrons. The number of hydrazine groups is 1. The van der Waals surface area contributed by atoms with Gasteiger partial charge in [-0.1, -0.05) is 88.4 Å². The molecule has 1 saturated heterocycles. The second-order valence-corrected chi connectivity index (χ2v) is 9.80. The van der Waals surface area contributed by atoms with Gasteiger partial charge in [0.15, 0.2) is 5.78 Å². The lowest BCUT2D eigenvalue weighted by molar-refractivity contribution is 0.103. The molecule has 2 atom stereocenters. The Kier molecular flexibility index (Phi) is 6.75. The van der Waals surface area contributed by atoms with Crippen molar-refractivity contribution in [1.82, 2.24) is 10.9 Å². The van der Waals surface area contributed by atoms with Gasteiger partial charge in [-0.2, -0.15) is 0 Å². The Morgan fingerprint density at radius 1 is 1.00 bits per heavy atom. The van der Waals surface area contributed by atoms with Crippen LogP contribution < -0.4 is 15.6 Å². The average Bonchev–Trinajstić information content (AvgIpc) is 3.17. The van der Waals surface area contributed by atoms with Crippen LogP contribution in [0.2, 0.25) is 0 Å². The SMILES string of the molecule is C[C@@H]1/C(=C/C(=O)c2c(O)cccc2OCc2ccccc2)NN[C@@H]1c1ccc(C(C)(C)C)cc1. The van der Waals surface area contributed by atoms with Crippen LogP contribution in [0.5, 0.6) is 11.5 Å². The van der Waals surface area contributed by atoms with E-state index in [1.165, 1.54) is 11.6 Å². The Labute approximate surface area is 201 Å². The van der Waals surface area contributed by atoms with Crippen LogP contribution in [-0.2, 0) is 12.0 Å². The molecule has 176 valence electrons. The number of hydrogen-bond acceptors (Lipinski definition) is 5. The number of benzene rings is 3. The molecular weight excluding hydrogens is 424 g/mol. The highest BCUT2D eigenvalue weighted by Crippen LogP contribution is 2.34. The van der Waals surface area contributed by atoms with E-state index in [0.717, 1.165) is 16.8 Å². The Bertz CT molecular complexity index is 1180. The fourth-order valence-electron chi connectivity index (χ4n) is 4.15. The number of carbonyl (C=O) groups excluding carboxylic acids is 1. The molecule has 0 aromatic heterocycles. The first-order valence-corrected chi connectivity index (χ1v) is 11.6. The van der Waals surface area contributed by atoms with Crippen LogP contribution in [0.1, 0.15) is 60.8 Å². The fraction of sp³-hybridized carbons (Fsp3) is 0.276. The van der Waals surface area contributed by atoms with E-state index in [1.54, 1.807) is 18.2 Å². The van der Waals surface area contributed by atoms with E-state index in [4.69, 9.17) is 4.74 Å². The average molecular weight is 457 g/mol. The highest BCUT2D eigenvalue weighted by molar-refractivity contribution is 6.08. The molecule has 0 spiro atoms. The molecule has 0 aliphatic carbocycles. The third-order valence-corrected chi connectivity index (χ3v) is 6.27. The fourth-order valence-corrected chi connectivity index (χ4v) is 4.15. The number of nitrogens with one attached hydrogen (secondary N) is 2. The van der Waals surface area contributed by atoms with E-state index in [-0.39, 0.29) is 34.5 Å². The third-order valence-electron chi connectivity index (χ3n) is 6.27. The summed E-state index contributed by atoms with van der Waals surface area (Å²) < 4.78 is 5.90. The summed E-state index contributed by atoms with van der Waals surface area (Å²) in [7, 11) is 0. The first-order valence-electron chi connectivity index (χ1n) is 11.6. The molecule has 5 nitrogen and oxygen atoms in total. The molecule has 0 amide bonds. The molecule has 1 aliphatic heterocycles. The summed E-state index contributed by atoms with van der Waals surface area (Å²) in [6, 6.07) is 23.2. The maximum Gasteiger partial charge on any atom is 0.195 e. The predicted molar refractivity (Wildman–Crippen MR) is 135 cm³/mol. The first-order chi connectivity index (χ1) is 16.2. The lowest BCUT2D eigenvalue weighted by atomic mass is 9.85. The van der Waals surface area contributed by atoms with Gasteiger partial charge in [-0.05, 0) is 34.2 Å². The number of allylic oxidation sites excluding steroid dienone is 1. The number of rotatable bonds is 6. The van der Waals surface area contributed by atoms with Crippen molar-refractivity contribution >= 4 is 5.78 Å². The van der Waals surface area contributed by atoms with Crippen LogP contribution in [-0.4, -0.2) is 10.9 Å². The van der Waals surface area contributed by atoms with Crippen molar-refractivity contribution < 1.29 is 14.6 Å². The monoisotopic (exact) mass is 456 g/mol. The lowest BCUT2D eigenvalue weighted by Gasteiger charge is -2.21. The van der Waals surface area contributed by atoms with Crippen LogP contribution >= 0.6 is 0 Å². The van der Waals surface area contributed by atoms with E-state index in [9.17, 15) is 9.90 Å². The van der Waals surface area contributed by atoms with Crippen molar-refractivity contribution in [3.63, 3.8) is 0 Å². The van der Waals surface area contributed by atoms with Crippen molar-refractivity contribution in [2.75, 3.05) is 0 Å². The Hall–Kier alpha value is -3.57. The topological polar surface area (TPSA) is 70.6 Å². The van der Waals surface area contributed by atoms with Crippen LogP contribution in [0.15, 0.2) is 84.6 Å². The van der Waals surface area contributed by atoms with Gasteiger partial charge in [0.25, 0.3) is 0 Å². The molecule has 0 saturated carbocycles. The standard InChI is InChI=1S/C29H32N2O3/c1-19-23(30-31-28(19)21-13-15-22(16-14-21)29(2,3)4)17-25(33)27-24(32)11-8-12-26(27)34-18-20-9-6-5-7-10-20/h5-17,19,28,30-32H,18H2,1-4H3/b23-17-/t19-,28+/m1/s1. The second kappa shape index (κ2) is 9.74. The summed E-state index contributed by atoms with van der Waals surface area (Å²) in [5.74, 6) is 0.00370. The van der Waals surface area contributed by atoms with Crippen LogP contribution in [0.25, 0.3) is 0 Å². The van der Waals surface area contributed by atoms with Crippen molar-refractivity contribution in [2.24, 2.45) is 5.92 Å². The highest BCUT2D eigenvalue weighted by atomic mass is 16.5. The minimum absolute atomic E-state index is 0.0336. The maximum absolute atomic E-state index is 13.2. The van der Waals surface area contributed by atoms with Gasteiger partial charge in [-0.25, -0.2) is 5.43 Å². The zero-order valence-electron chi connectivity index (χ0n) is 20.1. The summed E-state index contributed by atoms with van der Waals surface area (Å²) in [6.07, 6.45) is 1.55. The van der Waals surface area contributed by atoms with Gasteiger partial charge in [0.05, 0.1) is 6.04 Å². The normalized spacial score (nSPS) is 19.1. The molecule has 1 heterocycles. The molecule has 4 rings (SSSR count). The van der Waals surface area contributed by atoms with E-state index >= 15 is 0 Å². The first kappa shape index (κ1) is 23.6. The maximum atomic E-state index is 13.2. The molecule has 1 aliphatic rings. The van der Waals surface area contributed by atoms with Crippen molar-refractivity contribution in [3.8, 4) is 11.5 Å². The Morgan fingerprint density at radius 3 is 2.38 bits per heavy atom. The van der Waals surface area contributed by atoms with Gasteiger partial charge in [0.2, 0.25) is 0 Å². The van der Waals surface area contributed by atoms with E-state index in [0.29, 0.717) is 12.4 Å². The quantitative estimate of drug-likeness (QED) is 0.322. The number of hydrogen-bond donors (Lipinski definition) is 3. The van der Waals surface area contributed by atoms with Gasteiger partial charge < -0.3 is 15.3 Å². The molecule has 3 aromatic carbocycles. The number of aromatic hydroxyl groups is 1. The Balaban J connectivity index is 1.52. The highest BCUT2D eigenvalue weighted by Gasteiger charge is 2.30. The molecule has 3 aromatic rings. The number of ether oxygens (including phenoxy) is 1. The van der Waals surface area contributed by atoms with Crippen LogP contribution in [0.4, 0.5) is 0 Å². The number of carbonyl (C=O) groups is 1. The summed E-state index contributed by atoms with van der Waals surface area (Å²) in [5.41, 5.74) is 10.9. The zero-order valence-corrected chi connectivity index (χ0v) is 20.1. The molecular formula is C29H32N2O3. The molecule has 3 N–H and O–H groups in total. The van der Waals surface area contributed by atoms with Gasteiger partial charge in [-0.15, -0.1) is 0 Å². The van der Waals surface area contributed by atoms with Crippen molar-refractivity contribution in [2.45, 2.75) is 45.8 Å².